The van der Waals surface area contributed by atoms with Gasteiger partial charge >= 0.3 is 0 Å². The predicted octanol–water partition coefficient (Wildman–Crippen LogP) is 0.281. The van der Waals surface area contributed by atoms with E-state index in [1.165, 1.54) is 0 Å². The molecule has 0 aromatic heterocycles. The van der Waals surface area contributed by atoms with Crippen molar-refractivity contribution in [3.8, 4) is 0 Å². The molecule has 1 rings (SSSR count). The van der Waals surface area contributed by atoms with E-state index in [0.717, 1.165) is 12.8 Å². The van der Waals surface area contributed by atoms with Crippen LogP contribution in [-0.2, 0) is 0 Å². The molecule has 8 heavy (non-hydrogen) atoms. The van der Waals surface area contributed by atoms with Crippen molar-refractivity contribution >= 4 is 0 Å². The standard InChI is InChI=1S/C6H12NO/c1-5(8)6-3-2-4-7-6/h4-8H,2-3H2,1H3. The molecule has 1 aliphatic rings. The Bertz CT molecular complexity index is 66.9. The van der Waals surface area contributed by atoms with E-state index in [9.17, 15) is 0 Å². The molecule has 0 amide bonds. The van der Waals surface area contributed by atoms with Gasteiger partial charge in [-0.1, -0.05) is 0 Å². The van der Waals surface area contributed by atoms with Gasteiger partial charge in [0.15, 0.2) is 0 Å². The molecular weight excluding hydrogens is 102 g/mol. The van der Waals surface area contributed by atoms with Gasteiger partial charge in [0.2, 0.25) is 0 Å². The summed E-state index contributed by atoms with van der Waals surface area (Å²) in [4.78, 5) is 0. The lowest BCUT2D eigenvalue weighted by molar-refractivity contribution is 0.155. The molecule has 1 saturated heterocycles. The minimum atomic E-state index is -0.200. The Morgan fingerprint density at radius 3 is 2.88 bits per heavy atom. The zero-order valence-electron chi connectivity index (χ0n) is 5.09. The van der Waals surface area contributed by atoms with Crippen molar-refractivity contribution in [1.82, 2.24) is 5.32 Å². The van der Waals surface area contributed by atoms with Gasteiger partial charge in [0, 0.05) is 12.6 Å². The van der Waals surface area contributed by atoms with Crippen LogP contribution in [0.3, 0.4) is 0 Å². The van der Waals surface area contributed by atoms with Gasteiger partial charge in [-0.15, -0.1) is 0 Å². The van der Waals surface area contributed by atoms with E-state index < -0.39 is 0 Å². The second kappa shape index (κ2) is 2.46. The monoisotopic (exact) mass is 114 g/mol. The zero-order valence-corrected chi connectivity index (χ0v) is 5.09. The Hall–Kier alpha value is -0.0800. The molecule has 1 radical (unpaired) electrons. The van der Waals surface area contributed by atoms with Gasteiger partial charge in [0.1, 0.15) is 0 Å². The molecule has 0 aromatic rings. The molecule has 47 valence electrons. The largest absolute Gasteiger partial charge is 0.392 e. The molecule has 1 heterocycles. The minimum absolute atomic E-state index is 0.200. The Balaban J connectivity index is 2.24. The molecule has 0 bridgehead atoms. The van der Waals surface area contributed by atoms with Crippen LogP contribution in [0.15, 0.2) is 0 Å². The van der Waals surface area contributed by atoms with Gasteiger partial charge in [0.25, 0.3) is 0 Å². The number of hydrogen-bond donors (Lipinski definition) is 2. The first-order valence-corrected chi connectivity index (χ1v) is 3.06. The first kappa shape index (κ1) is 6.05. The highest BCUT2D eigenvalue weighted by Gasteiger charge is 2.18. The summed E-state index contributed by atoms with van der Waals surface area (Å²) in [6, 6.07) is 0.315. The van der Waals surface area contributed by atoms with Crippen LogP contribution in [0.25, 0.3) is 0 Å². The van der Waals surface area contributed by atoms with Crippen molar-refractivity contribution < 1.29 is 5.11 Å². The summed E-state index contributed by atoms with van der Waals surface area (Å²) in [5.41, 5.74) is 0. The fourth-order valence-electron chi connectivity index (χ4n) is 0.961. The van der Waals surface area contributed by atoms with E-state index >= 15 is 0 Å². The van der Waals surface area contributed by atoms with Gasteiger partial charge < -0.3 is 10.4 Å². The molecule has 2 atom stereocenters. The molecule has 2 heteroatoms. The van der Waals surface area contributed by atoms with Crippen LogP contribution >= 0.6 is 0 Å². The van der Waals surface area contributed by atoms with Crippen molar-refractivity contribution in [3.05, 3.63) is 6.54 Å². The quantitative estimate of drug-likeness (QED) is 0.513. The van der Waals surface area contributed by atoms with Gasteiger partial charge in [-0.2, -0.15) is 0 Å². The highest BCUT2D eigenvalue weighted by molar-refractivity contribution is 4.84. The van der Waals surface area contributed by atoms with Crippen LogP contribution in [0, 0.1) is 6.54 Å². The summed E-state index contributed by atoms with van der Waals surface area (Å²) < 4.78 is 0. The summed E-state index contributed by atoms with van der Waals surface area (Å²) in [6.45, 7) is 3.83. The molecule has 0 aromatic carbocycles. The SMILES string of the molecule is CC(O)C1CC[CH]N1. The highest BCUT2D eigenvalue weighted by atomic mass is 16.3. The zero-order chi connectivity index (χ0) is 5.98. The summed E-state index contributed by atoms with van der Waals surface area (Å²) in [7, 11) is 0. The summed E-state index contributed by atoms with van der Waals surface area (Å²) in [5.74, 6) is 0. The summed E-state index contributed by atoms with van der Waals surface area (Å²) >= 11 is 0. The second-order valence-corrected chi connectivity index (χ2v) is 2.30. The molecule has 1 fully saturated rings. The van der Waals surface area contributed by atoms with E-state index in [4.69, 9.17) is 5.11 Å². The molecule has 0 spiro atoms. The maximum Gasteiger partial charge on any atom is 0.0665 e. The smallest absolute Gasteiger partial charge is 0.0665 e. The van der Waals surface area contributed by atoms with Gasteiger partial charge in [-0.3, -0.25) is 0 Å². The maximum absolute atomic E-state index is 8.97. The average molecular weight is 114 g/mol. The second-order valence-electron chi connectivity index (χ2n) is 2.30. The Morgan fingerprint density at radius 1 is 1.88 bits per heavy atom. The van der Waals surface area contributed by atoms with E-state index in [2.05, 4.69) is 5.32 Å². The lowest BCUT2D eigenvalue weighted by Gasteiger charge is -2.11. The van der Waals surface area contributed by atoms with Crippen molar-refractivity contribution in [2.45, 2.75) is 31.9 Å². The first-order chi connectivity index (χ1) is 3.80. The number of aliphatic hydroxyl groups excluding tert-OH is 1. The predicted molar refractivity (Wildman–Crippen MR) is 32.1 cm³/mol. The average Bonchev–Trinajstić information content (AvgIpc) is 2.12. The van der Waals surface area contributed by atoms with E-state index in [1.54, 1.807) is 0 Å². The lowest BCUT2D eigenvalue weighted by Crippen LogP contribution is -2.30. The molecule has 0 aliphatic carbocycles. The van der Waals surface area contributed by atoms with Crippen molar-refractivity contribution in [1.29, 1.82) is 0 Å². The molecule has 2 unspecified atom stereocenters. The number of nitrogens with one attached hydrogen (secondary N) is 1. The van der Waals surface area contributed by atoms with Crippen LogP contribution in [0.5, 0.6) is 0 Å². The molecule has 0 saturated carbocycles. The third kappa shape index (κ3) is 1.20. The van der Waals surface area contributed by atoms with E-state index in [-0.39, 0.29) is 6.10 Å². The first-order valence-electron chi connectivity index (χ1n) is 3.06. The van der Waals surface area contributed by atoms with Crippen molar-refractivity contribution in [3.63, 3.8) is 0 Å². The number of hydrogen-bond acceptors (Lipinski definition) is 2. The van der Waals surface area contributed by atoms with Crippen molar-refractivity contribution in [2.24, 2.45) is 0 Å². The van der Waals surface area contributed by atoms with Crippen LogP contribution in [0.4, 0.5) is 0 Å². The third-order valence-electron chi connectivity index (χ3n) is 1.54. The molecule has 1 aliphatic heterocycles. The van der Waals surface area contributed by atoms with E-state index in [0.29, 0.717) is 6.04 Å². The van der Waals surface area contributed by atoms with Gasteiger partial charge in [-0.05, 0) is 19.8 Å². The minimum Gasteiger partial charge on any atom is -0.392 e. The summed E-state index contributed by atoms with van der Waals surface area (Å²) in [5, 5.41) is 12.1. The van der Waals surface area contributed by atoms with Gasteiger partial charge in [-0.25, -0.2) is 0 Å². The van der Waals surface area contributed by atoms with Crippen LogP contribution in [0.1, 0.15) is 19.8 Å². The van der Waals surface area contributed by atoms with Crippen LogP contribution < -0.4 is 5.32 Å². The fraction of sp³-hybridized carbons (Fsp3) is 0.833. The maximum atomic E-state index is 8.97. The van der Waals surface area contributed by atoms with Crippen LogP contribution in [0.2, 0.25) is 0 Å². The summed E-state index contributed by atoms with van der Waals surface area (Å²) in [6.07, 6.45) is 1.97. The lowest BCUT2D eigenvalue weighted by atomic mass is 10.1. The van der Waals surface area contributed by atoms with E-state index in [1.807, 2.05) is 13.5 Å². The molecule has 2 nitrogen and oxygen atoms in total. The molecule has 2 N–H and O–H groups in total. The highest BCUT2D eigenvalue weighted by Crippen LogP contribution is 2.10. The Morgan fingerprint density at radius 2 is 2.62 bits per heavy atom. The van der Waals surface area contributed by atoms with Crippen LogP contribution in [-0.4, -0.2) is 17.3 Å². The number of aliphatic hydroxyl groups is 1. The van der Waals surface area contributed by atoms with Gasteiger partial charge in [0.05, 0.1) is 6.10 Å². The molecular formula is C6H12NO. The normalized spacial score (nSPS) is 33.0. The Labute approximate surface area is 49.9 Å². The Kier molecular flexibility index (Phi) is 1.86. The fourth-order valence-corrected chi connectivity index (χ4v) is 0.961. The van der Waals surface area contributed by atoms with Crippen molar-refractivity contribution in [2.75, 3.05) is 0 Å². The topological polar surface area (TPSA) is 32.3 Å². The number of rotatable bonds is 1. The third-order valence-corrected chi connectivity index (χ3v) is 1.54.